The first-order chi connectivity index (χ1) is 8.53. The number of rotatable bonds is 4. The normalized spacial score (nSPS) is 22.6. The molecule has 0 aromatic heterocycles. The van der Waals surface area contributed by atoms with Crippen molar-refractivity contribution >= 4 is 24.1 Å². The number of nitrogens with zero attached hydrogens (tertiary/aromatic N) is 1. The van der Waals surface area contributed by atoms with Gasteiger partial charge in [-0.15, -0.1) is 0 Å². The van der Waals surface area contributed by atoms with Gasteiger partial charge in [0.1, 0.15) is 7.22 Å². The van der Waals surface area contributed by atoms with Crippen molar-refractivity contribution in [3.63, 3.8) is 0 Å². The Labute approximate surface area is 116 Å². The highest BCUT2D eigenvalue weighted by Gasteiger charge is 2.26. The van der Waals surface area contributed by atoms with Crippen molar-refractivity contribution < 1.29 is 0 Å². The van der Waals surface area contributed by atoms with Crippen molar-refractivity contribution in [1.29, 1.82) is 0 Å². The lowest BCUT2D eigenvalue weighted by Gasteiger charge is -2.19. The second-order valence-electron chi connectivity index (χ2n) is 5.96. The lowest BCUT2D eigenvalue weighted by atomic mass is 10.2. The average molecular weight is 278 g/mol. The maximum absolute atomic E-state index is 4.79. The van der Waals surface area contributed by atoms with E-state index in [1.54, 1.807) is 0 Å². The molecular formula is C15H23NSSi. The Bertz CT molecular complexity index is 408. The Morgan fingerprint density at radius 2 is 1.94 bits per heavy atom. The van der Waals surface area contributed by atoms with Gasteiger partial charge in [-0.2, -0.15) is 11.2 Å². The predicted octanol–water partition coefficient (Wildman–Crippen LogP) is 4.75. The van der Waals surface area contributed by atoms with E-state index in [0.717, 1.165) is 11.8 Å². The van der Waals surface area contributed by atoms with E-state index in [1.807, 2.05) is 0 Å². The quantitative estimate of drug-likeness (QED) is 0.724. The summed E-state index contributed by atoms with van der Waals surface area (Å²) in [5.74, 6) is 0. The minimum absolute atomic E-state index is 0.839. The third-order valence-electron chi connectivity index (χ3n) is 3.07. The standard InChI is InChI=1S/C15H23NSSi/c1-18(2,3)17-15-10-9-14(11-15)16-12-13-7-5-4-6-8-13/h4-8,15H,9-12H2,1-3H3. The van der Waals surface area contributed by atoms with Gasteiger partial charge in [0, 0.05) is 11.0 Å². The molecule has 3 heteroatoms. The molecule has 1 nitrogen and oxygen atoms in total. The summed E-state index contributed by atoms with van der Waals surface area (Å²) in [5.41, 5.74) is 2.76. The summed E-state index contributed by atoms with van der Waals surface area (Å²) in [7, 11) is -0.977. The molecule has 1 saturated carbocycles. The van der Waals surface area contributed by atoms with Crippen LogP contribution in [-0.4, -0.2) is 18.2 Å². The molecule has 0 heterocycles. The van der Waals surface area contributed by atoms with Crippen LogP contribution in [0.25, 0.3) is 0 Å². The molecule has 0 spiro atoms. The number of benzene rings is 1. The van der Waals surface area contributed by atoms with E-state index < -0.39 is 7.22 Å². The maximum Gasteiger partial charge on any atom is 0.108 e. The van der Waals surface area contributed by atoms with E-state index in [9.17, 15) is 0 Å². The smallest absolute Gasteiger partial charge is 0.108 e. The first kappa shape index (κ1) is 13.9. The fourth-order valence-corrected chi connectivity index (χ4v) is 7.44. The molecule has 18 heavy (non-hydrogen) atoms. The van der Waals surface area contributed by atoms with Gasteiger partial charge in [-0.05, 0) is 24.8 Å². The van der Waals surface area contributed by atoms with E-state index in [1.165, 1.54) is 30.5 Å². The Morgan fingerprint density at radius 1 is 1.22 bits per heavy atom. The molecular weight excluding hydrogens is 254 g/mol. The van der Waals surface area contributed by atoms with Gasteiger partial charge in [0.2, 0.25) is 0 Å². The molecule has 0 saturated heterocycles. The van der Waals surface area contributed by atoms with Crippen LogP contribution in [0.5, 0.6) is 0 Å². The molecule has 1 aliphatic rings. The van der Waals surface area contributed by atoms with Crippen LogP contribution < -0.4 is 0 Å². The van der Waals surface area contributed by atoms with Crippen molar-refractivity contribution in [2.24, 2.45) is 4.99 Å². The highest BCUT2D eigenvalue weighted by atomic mass is 32.4. The summed E-state index contributed by atoms with van der Waals surface area (Å²) in [5, 5.41) is 0.839. The van der Waals surface area contributed by atoms with Crippen LogP contribution in [0.2, 0.25) is 19.6 Å². The number of hydrogen-bond donors (Lipinski definition) is 0. The zero-order valence-corrected chi connectivity index (χ0v) is 13.5. The van der Waals surface area contributed by atoms with Crippen LogP contribution in [0.3, 0.4) is 0 Å². The first-order valence-corrected chi connectivity index (χ1v) is 11.9. The Morgan fingerprint density at radius 3 is 2.61 bits per heavy atom. The summed E-state index contributed by atoms with van der Waals surface area (Å²) in [6.45, 7) is 8.19. The van der Waals surface area contributed by atoms with E-state index in [-0.39, 0.29) is 0 Å². The summed E-state index contributed by atoms with van der Waals surface area (Å²) in [6, 6.07) is 10.6. The van der Waals surface area contributed by atoms with Gasteiger partial charge in [-0.3, -0.25) is 4.99 Å². The van der Waals surface area contributed by atoms with Crippen LogP contribution >= 0.6 is 11.2 Å². The maximum atomic E-state index is 4.79. The zero-order chi connectivity index (χ0) is 13.0. The number of aliphatic imine (C=N–C) groups is 1. The molecule has 0 N–H and O–H groups in total. The Kier molecular flexibility index (Phi) is 4.68. The molecule has 1 unspecified atom stereocenters. The fourth-order valence-electron chi connectivity index (χ4n) is 2.33. The van der Waals surface area contributed by atoms with Crippen molar-refractivity contribution in [3.05, 3.63) is 35.9 Å². The average Bonchev–Trinajstić information content (AvgIpc) is 2.73. The third kappa shape index (κ3) is 4.62. The van der Waals surface area contributed by atoms with Gasteiger partial charge in [-0.25, -0.2) is 0 Å². The SMILES string of the molecule is C[Si](C)(C)SC1CCC(=NCc2ccccc2)C1. The van der Waals surface area contributed by atoms with E-state index in [2.05, 4.69) is 61.2 Å². The largest absolute Gasteiger partial charge is 0.289 e. The zero-order valence-electron chi connectivity index (χ0n) is 11.6. The van der Waals surface area contributed by atoms with E-state index in [4.69, 9.17) is 4.99 Å². The summed E-state index contributed by atoms with van der Waals surface area (Å²) in [6.07, 6.45) is 3.78. The van der Waals surface area contributed by atoms with E-state index in [0.29, 0.717) is 0 Å². The first-order valence-electron chi connectivity index (χ1n) is 6.77. The lowest BCUT2D eigenvalue weighted by molar-refractivity contribution is 0.911. The van der Waals surface area contributed by atoms with Crippen LogP contribution in [0, 0.1) is 0 Å². The monoisotopic (exact) mass is 277 g/mol. The van der Waals surface area contributed by atoms with Gasteiger partial charge >= 0.3 is 0 Å². The third-order valence-corrected chi connectivity index (χ3v) is 7.63. The molecule has 0 bridgehead atoms. The molecule has 1 aliphatic carbocycles. The van der Waals surface area contributed by atoms with Crippen molar-refractivity contribution in [3.8, 4) is 0 Å². The fraction of sp³-hybridized carbons (Fsp3) is 0.533. The van der Waals surface area contributed by atoms with Crippen molar-refractivity contribution in [2.75, 3.05) is 0 Å². The van der Waals surface area contributed by atoms with Crippen LogP contribution in [0.1, 0.15) is 24.8 Å². The highest BCUT2D eigenvalue weighted by Crippen LogP contribution is 2.34. The topological polar surface area (TPSA) is 12.4 Å². The van der Waals surface area contributed by atoms with Crippen LogP contribution in [0.4, 0.5) is 0 Å². The Balaban J connectivity index is 1.85. The van der Waals surface area contributed by atoms with E-state index >= 15 is 0 Å². The van der Waals surface area contributed by atoms with Gasteiger partial charge < -0.3 is 0 Å². The molecule has 0 radical (unpaired) electrons. The molecule has 0 amide bonds. The Hall–Kier alpha value is -0.543. The summed E-state index contributed by atoms with van der Waals surface area (Å²) in [4.78, 5) is 4.79. The second kappa shape index (κ2) is 6.07. The molecule has 1 fully saturated rings. The highest BCUT2D eigenvalue weighted by molar-refractivity contribution is 8.29. The summed E-state index contributed by atoms with van der Waals surface area (Å²) >= 11 is 2.25. The molecule has 1 aromatic carbocycles. The second-order valence-corrected chi connectivity index (χ2v) is 15.5. The molecule has 1 aromatic rings. The molecule has 2 rings (SSSR count). The molecule has 0 aliphatic heterocycles. The minimum Gasteiger partial charge on any atom is -0.289 e. The minimum atomic E-state index is -0.977. The van der Waals surface area contributed by atoms with Gasteiger partial charge in [0.25, 0.3) is 0 Å². The van der Waals surface area contributed by atoms with Gasteiger partial charge in [0.15, 0.2) is 0 Å². The van der Waals surface area contributed by atoms with Gasteiger partial charge in [-0.1, -0.05) is 50.0 Å². The van der Waals surface area contributed by atoms with Crippen molar-refractivity contribution in [2.45, 2.75) is 50.7 Å². The van der Waals surface area contributed by atoms with Crippen LogP contribution in [-0.2, 0) is 6.54 Å². The molecule has 98 valence electrons. The summed E-state index contributed by atoms with van der Waals surface area (Å²) < 4.78 is 0. The lowest BCUT2D eigenvalue weighted by Crippen LogP contribution is -2.19. The van der Waals surface area contributed by atoms with Gasteiger partial charge in [0.05, 0.1) is 6.54 Å². The predicted molar refractivity (Wildman–Crippen MR) is 86.2 cm³/mol. The van der Waals surface area contributed by atoms with Crippen LogP contribution in [0.15, 0.2) is 35.3 Å². The molecule has 1 atom stereocenters. The number of hydrogen-bond acceptors (Lipinski definition) is 2. The van der Waals surface area contributed by atoms with Crippen molar-refractivity contribution in [1.82, 2.24) is 0 Å².